The molecule has 1 aromatic carbocycles. The van der Waals surface area contributed by atoms with E-state index in [1.54, 1.807) is 23.1 Å². The van der Waals surface area contributed by atoms with E-state index in [0.717, 1.165) is 15.6 Å². The first-order chi connectivity index (χ1) is 9.70. The molecule has 2 heterocycles. The van der Waals surface area contributed by atoms with E-state index in [1.807, 2.05) is 36.6 Å². The van der Waals surface area contributed by atoms with E-state index in [0.29, 0.717) is 17.5 Å². The van der Waals surface area contributed by atoms with E-state index in [4.69, 9.17) is 4.52 Å². The maximum absolute atomic E-state index is 5.29. The van der Waals surface area contributed by atoms with Crippen LogP contribution in [0, 0.1) is 13.8 Å². The third-order valence-electron chi connectivity index (χ3n) is 2.69. The van der Waals surface area contributed by atoms with Gasteiger partial charge in [-0.25, -0.2) is 4.98 Å². The number of aromatic nitrogens is 3. The molecule has 0 aliphatic rings. The minimum atomic E-state index is 0.566. The molecule has 0 aliphatic carbocycles. The summed E-state index contributed by atoms with van der Waals surface area (Å²) in [5.41, 5.74) is 3.21. The van der Waals surface area contributed by atoms with Gasteiger partial charge in [0.15, 0.2) is 10.2 Å². The van der Waals surface area contributed by atoms with E-state index in [9.17, 15) is 0 Å². The lowest BCUT2D eigenvalue weighted by molar-refractivity contribution is 0.425. The fourth-order valence-corrected chi connectivity index (χ4v) is 3.34. The molecule has 102 valence electrons. The molecule has 0 unspecified atom stereocenters. The SMILES string of the molecule is Cc1ccc(-c2nc(CSc3nc(C)cs3)no2)cc1. The molecule has 0 fully saturated rings. The highest BCUT2D eigenvalue weighted by Crippen LogP contribution is 2.26. The van der Waals surface area contributed by atoms with Gasteiger partial charge >= 0.3 is 0 Å². The Morgan fingerprint density at radius 3 is 2.65 bits per heavy atom. The van der Waals surface area contributed by atoms with Gasteiger partial charge in [0.1, 0.15) is 0 Å². The largest absolute Gasteiger partial charge is 0.334 e. The van der Waals surface area contributed by atoms with Crippen LogP contribution in [0.15, 0.2) is 38.5 Å². The Bertz CT molecular complexity index is 703. The molecule has 0 radical (unpaired) electrons. The molecule has 4 nitrogen and oxygen atoms in total. The number of aryl methyl sites for hydroxylation is 2. The monoisotopic (exact) mass is 303 g/mol. The normalized spacial score (nSPS) is 10.9. The van der Waals surface area contributed by atoms with E-state index >= 15 is 0 Å². The Morgan fingerprint density at radius 2 is 1.95 bits per heavy atom. The van der Waals surface area contributed by atoms with E-state index in [-0.39, 0.29) is 0 Å². The number of benzene rings is 1. The van der Waals surface area contributed by atoms with Crippen molar-refractivity contribution in [3.05, 3.63) is 46.7 Å². The summed E-state index contributed by atoms with van der Waals surface area (Å²) in [6.07, 6.45) is 0. The summed E-state index contributed by atoms with van der Waals surface area (Å²) < 4.78 is 6.32. The maximum Gasteiger partial charge on any atom is 0.257 e. The number of rotatable bonds is 4. The van der Waals surface area contributed by atoms with Crippen LogP contribution in [0.3, 0.4) is 0 Å². The predicted octanol–water partition coefficient (Wildman–Crippen LogP) is 4.10. The van der Waals surface area contributed by atoms with Crippen LogP contribution in [0.25, 0.3) is 11.5 Å². The number of nitrogens with zero attached hydrogens (tertiary/aromatic N) is 3. The Labute approximate surface area is 125 Å². The Balaban J connectivity index is 1.69. The van der Waals surface area contributed by atoms with Crippen molar-refractivity contribution in [2.75, 3.05) is 0 Å². The fourth-order valence-electron chi connectivity index (χ4n) is 1.65. The first kappa shape index (κ1) is 13.3. The van der Waals surface area contributed by atoms with Gasteiger partial charge < -0.3 is 4.52 Å². The molecule has 0 aliphatic heterocycles. The Kier molecular flexibility index (Phi) is 3.84. The van der Waals surface area contributed by atoms with Crippen LogP contribution in [-0.2, 0) is 5.75 Å². The standard InChI is InChI=1S/C14H13N3OS2/c1-9-3-5-11(6-4-9)13-16-12(17-18-13)8-20-14-15-10(2)7-19-14/h3-7H,8H2,1-2H3. The smallest absolute Gasteiger partial charge is 0.257 e. The van der Waals surface area contributed by atoms with Crippen molar-refractivity contribution in [2.24, 2.45) is 0 Å². The van der Waals surface area contributed by atoms with Crippen LogP contribution < -0.4 is 0 Å². The van der Waals surface area contributed by atoms with Crippen molar-refractivity contribution in [1.29, 1.82) is 0 Å². The van der Waals surface area contributed by atoms with Crippen molar-refractivity contribution in [2.45, 2.75) is 23.9 Å². The van der Waals surface area contributed by atoms with E-state index in [2.05, 4.69) is 22.0 Å². The summed E-state index contributed by atoms with van der Waals surface area (Å²) in [6.45, 7) is 4.04. The molecule has 0 N–H and O–H groups in total. The Hall–Kier alpha value is -1.66. The lowest BCUT2D eigenvalue weighted by Crippen LogP contribution is -1.84. The molecule has 0 saturated heterocycles. The number of hydrogen-bond donors (Lipinski definition) is 0. The van der Waals surface area contributed by atoms with Crippen molar-refractivity contribution in [1.82, 2.24) is 15.1 Å². The van der Waals surface area contributed by atoms with Crippen LogP contribution in [0.2, 0.25) is 0 Å². The highest BCUT2D eigenvalue weighted by atomic mass is 32.2. The average Bonchev–Trinajstić information content (AvgIpc) is 3.06. The third kappa shape index (κ3) is 3.08. The number of thioether (sulfide) groups is 1. The molecule has 3 rings (SSSR count). The van der Waals surface area contributed by atoms with Crippen molar-refractivity contribution < 1.29 is 4.52 Å². The van der Waals surface area contributed by atoms with Gasteiger partial charge in [-0.2, -0.15) is 4.98 Å². The summed E-state index contributed by atoms with van der Waals surface area (Å²) in [5.74, 6) is 1.93. The molecule has 20 heavy (non-hydrogen) atoms. The van der Waals surface area contributed by atoms with E-state index in [1.165, 1.54) is 5.56 Å². The molecule has 0 atom stereocenters. The second-order valence-corrected chi connectivity index (χ2v) is 6.51. The maximum atomic E-state index is 5.29. The van der Waals surface area contributed by atoms with Gasteiger partial charge in [-0.05, 0) is 26.0 Å². The molecule has 6 heteroatoms. The lowest BCUT2D eigenvalue weighted by atomic mass is 10.1. The van der Waals surface area contributed by atoms with E-state index < -0.39 is 0 Å². The lowest BCUT2D eigenvalue weighted by Gasteiger charge is -1.94. The topological polar surface area (TPSA) is 51.8 Å². The van der Waals surface area contributed by atoms with Gasteiger partial charge in [0.25, 0.3) is 5.89 Å². The summed E-state index contributed by atoms with van der Waals surface area (Å²) in [6, 6.07) is 8.05. The van der Waals surface area contributed by atoms with Gasteiger partial charge in [0.05, 0.1) is 5.75 Å². The minimum Gasteiger partial charge on any atom is -0.334 e. The minimum absolute atomic E-state index is 0.566. The predicted molar refractivity (Wildman–Crippen MR) is 80.9 cm³/mol. The van der Waals surface area contributed by atoms with Crippen molar-refractivity contribution >= 4 is 23.1 Å². The zero-order valence-electron chi connectivity index (χ0n) is 11.2. The first-order valence-electron chi connectivity index (χ1n) is 6.15. The van der Waals surface area contributed by atoms with Gasteiger partial charge in [-0.1, -0.05) is 34.6 Å². The Morgan fingerprint density at radius 1 is 1.15 bits per heavy atom. The van der Waals surface area contributed by atoms with Gasteiger partial charge in [-0.15, -0.1) is 11.3 Å². The van der Waals surface area contributed by atoms with Crippen LogP contribution in [0.5, 0.6) is 0 Å². The zero-order chi connectivity index (χ0) is 13.9. The average molecular weight is 303 g/mol. The quantitative estimate of drug-likeness (QED) is 0.679. The molecular formula is C14H13N3OS2. The summed E-state index contributed by atoms with van der Waals surface area (Å²) >= 11 is 3.27. The van der Waals surface area contributed by atoms with Crippen LogP contribution in [0.1, 0.15) is 17.1 Å². The summed E-state index contributed by atoms with van der Waals surface area (Å²) in [5, 5.41) is 6.04. The fraction of sp³-hybridized carbons (Fsp3) is 0.214. The summed E-state index contributed by atoms with van der Waals surface area (Å²) in [7, 11) is 0. The highest BCUT2D eigenvalue weighted by Gasteiger charge is 2.09. The highest BCUT2D eigenvalue weighted by molar-refractivity contribution is 8.00. The van der Waals surface area contributed by atoms with Gasteiger partial charge in [-0.3, -0.25) is 0 Å². The zero-order valence-corrected chi connectivity index (χ0v) is 12.8. The molecule has 0 saturated carbocycles. The van der Waals surface area contributed by atoms with Crippen molar-refractivity contribution in [3.63, 3.8) is 0 Å². The van der Waals surface area contributed by atoms with Crippen LogP contribution in [-0.4, -0.2) is 15.1 Å². The second kappa shape index (κ2) is 5.76. The molecule has 0 amide bonds. The first-order valence-corrected chi connectivity index (χ1v) is 8.02. The molecule has 2 aromatic heterocycles. The molecule has 3 aromatic rings. The van der Waals surface area contributed by atoms with Crippen molar-refractivity contribution in [3.8, 4) is 11.5 Å². The van der Waals surface area contributed by atoms with Gasteiger partial charge in [0.2, 0.25) is 0 Å². The molecular weight excluding hydrogens is 290 g/mol. The molecule has 0 bridgehead atoms. The van der Waals surface area contributed by atoms with Crippen LogP contribution >= 0.6 is 23.1 Å². The van der Waals surface area contributed by atoms with Gasteiger partial charge in [0, 0.05) is 16.6 Å². The third-order valence-corrected chi connectivity index (χ3v) is 4.82. The second-order valence-electron chi connectivity index (χ2n) is 4.43. The number of thiazole rings is 1. The number of hydrogen-bond acceptors (Lipinski definition) is 6. The van der Waals surface area contributed by atoms with Crippen LogP contribution in [0.4, 0.5) is 0 Å². The molecule has 0 spiro atoms. The summed E-state index contributed by atoms with van der Waals surface area (Å²) in [4.78, 5) is 8.81.